The highest BCUT2D eigenvalue weighted by Gasteiger charge is 2.25. The maximum Gasteiger partial charge on any atom is 0.228 e. The van der Waals surface area contributed by atoms with Gasteiger partial charge in [0.05, 0.1) is 0 Å². The molecule has 0 fully saturated rings. The number of fused-ring (bicyclic) bond motifs is 1. The molecule has 0 heterocycles. The van der Waals surface area contributed by atoms with Crippen molar-refractivity contribution in [2.75, 3.05) is 0 Å². The van der Waals surface area contributed by atoms with E-state index in [1.165, 1.54) is 0 Å². The molecule has 0 aromatic heterocycles. The van der Waals surface area contributed by atoms with Gasteiger partial charge in [-0.3, -0.25) is 9.59 Å². The summed E-state index contributed by atoms with van der Waals surface area (Å²) in [4.78, 5) is 22.9. The number of aryl methyl sites for hydroxylation is 1. The van der Waals surface area contributed by atoms with Gasteiger partial charge in [0.15, 0.2) is 11.5 Å². The van der Waals surface area contributed by atoms with Crippen LogP contribution in [0.15, 0.2) is 30.0 Å². The third-order valence-electron chi connectivity index (χ3n) is 2.26. The van der Waals surface area contributed by atoms with Gasteiger partial charge in [-0.15, -0.1) is 0 Å². The minimum absolute atomic E-state index is 0.287. The number of hydrogen-bond acceptors (Lipinski definition) is 3. The van der Waals surface area contributed by atoms with Crippen molar-refractivity contribution in [1.29, 1.82) is 0 Å². The van der Waals surface area contributed by atoms with Gasteiger partial charge in [-0.2, -0.15) is 0 Å². The second-order valence-electron chi connectivity index (χ2n) is 3.22. The van der Waals surface area contributed by atoms with Crippen molar-refractivity contribution in [3.63, 3.8) is 0 Å². The third-order valence-corrected chi connectivity index (χ3v) is 2.26. The lowest BCUT2D eigenvalue weighted by Gasteiger charge is -2.12. The first kappa shape index (κ1) is 8.69. The van der Waals surface area contributed by atoms with Gasteiger partial charge >= 0.3 is 0 Å². The molecule has 1 aromatic carbocycles. The molecular weight excluding hydrogens is 180 g/mol. The number of carbonyl (C=O) groups excluding carboxylic acids is 2. The Labute approximate surface area is 80.7 Å². The number of aliphatic hydroxyl groups is 1. The van der Waals surface area contributed by atoms with E-state index in [1.54, 1.807) is 25.1 Å². The van der Waals surface area contributed by atoms with Gasteiger partial charge in [0.25, 0.3) is 0 Å². The smallest absolute Gasteiger partial charge is 0.228 e. The molecule has 14 heavy (non-hydrogen) atoms. The van der Waals surface area contributed by atoms with Crippen LogP contribution in [0.3, 0.4) is 0 Å². The van der Waals surface area contributed by atoms with E-state index in [4.69, 9.17) is 0 Å². The number of allylic oxidation sites excluding steroid dienone is 2. The minimum atomic E-state index is -0.483. The molecule has 1 aliphatic rings. The number of rotatable bonds is 0. The molecule has 70 valence electrons. The molecule has 0 radical (unpaired) electrons. The lowest BCUT2D eigenvalue weighted by atomic mass is 9.90. The van der Waals surface area contributed by atoms with E-state index >= 15 is 0 Å². The average molecular weight is 188 g/mol. The van der Waals surface area contributed by atoms with Gasteiger partial charge in [0.1, 0.15) is 0 Å². The van der Waals surface area contributed by atoms with Crippen LogP contribution in [0.4, 0.5) is 0 Å². The summed E-state index contributed by atoms with van der Waals surface area (Å²) < 4.78 is 0. The molecule has 3 nitrogen and oxygen atoms in total. The van der Waals surface area contributed by atoms with Gasteiger partial charge < -0.3 is 5.11 Å². The first-order valence-corrected chi connectivity index (χ1v) is 4.20. The van der Waals surface area contributed by atoms with Crippen LogP contribution in [-0.4, -0.2) is 16.7 Å². The summed E-state index contributed by atoms with van der Waals surface area (Å²) >= 11 is 0. The molecule has 0 atom stereocenters. The zero-order chi connectivity index (χ0) is 10.3. The summed E-state index contributed by atoms with van der Waals surface area (Å²) in [5, 5.41) is 9.18. The van der Waals surface area contributed by atoms with Crippen LogP contribution in [0.1, 0.15) is 26.3 Å². The monoisotopic (exact) mass is 188 g/mol. The van der Waals surface area contributed by atoms with E-state index in [9.17, 15) is 14.7 Å². The summed E-state index contributed by atoms with van der Waals surface area (Å²) in [6, 6.07) is 5.00. The number of carbonyl (C=O) groups is 2. The zero-order valence-corrected chi connectivity index (χ0v) is 7.57. The van der Waals surface area contributed by atoms with Gasteiger partial charge in [-0.1, -0.05) is 18.2 Å². The van der Waals surface area contributed by atoms with Crippen LogP contribution in [0.5, 0.6) is 0 Å². The molecule has 1 N–H and O–H groups in total. The maximum absolute atomic E-state index is 11.5. The molecule has 0 saturated carbocycles. The Balaban J connectivity index is 2.75. The minimum Gasteiger partial charge on any atom is -0.504 e. The Morgan fingerprint density at radius 3 is 2.64 bits per heavy atom. The highest BCUT2D eigenvalue weighted by Crippen LogP contribution is 2.22. The van der Waals surface area contributed by atoms with Crippen LogP contribution < -0.4 is 0 Å². The van der Waals surface area contributed by atoms with Crippen LogP contribution >= 0.6 is 0 Å². The van der Waals surface area contributed by atoms with E-state index in [0.717, 1.165) is 11.6 Å². The fourth-order valence-electron chi connectivity index (χ4n) is 1.58. The molecule has 1 aromatic rings. The number of Topliss-reactive ketones (excluding diaryl/α,β-unsaturated/α-hetero) is 1. The Morgan fingerprint density at radius 1 is 1.21 bits per heavy atom. The van der Waals surface area contributed by atoms with Crippen molar-refractivity contribution in [3.8, 4) is 0 Å². The van der Waals surface area contributed by atoms with Crippen molar-refractivity contribution < 1.29 is 14.7 Å². The van der Waals surface area contributed by atoms with Crippen LogP contribution in [-0.2, 0) is 0 Å². The molecule has 0 aliphatic heterocycles. The second kappa shape index (κ2) is 2.80. The normalized spacial score (nSPS) is 15.1. The van der Waals surface area contributed by atoms with Gasteiger partial charge in [0.2, 0.25) is 5.78 Å². The van der Waals surface area contributed by atoms with Crippen molar-refractivity contribution in [1.82, 2.24) is 0 Å². The fourth-order valence-corrected chi connectivity index (χ4v) is 1.58. The highest BCUT2D eigenvalue weighted by atomic mass is 16.3. The van der Waals surface area contributed by atoms with Gasteiger partial charge in [-0.05, 0) is 12.5 Å². The molecule has 2 rings (SSSR count). The van der Waals surface area contributed by atoms with E-state index < -0.39 is 11.5 Å². The summed E-state index contributed by atoms with van der Waals surface area (Å²) in [7, 11) is 0. The number of benzene rings is 1. The highest BCUT2D eigenvalue weighted by molar-refractivity contribution is 6.24. The quantitative estimate of drug-likeness (QED) is 0.675. The van der Waals surface area contributed by atoms with Crippen molar-refractivity contribution in [2.24, 2.45) is 0 Å². The lowest BCUT2D eigenvalue weighted by Crippen LogP contribution is -2.17. The van der Waals surface area contributed by atoms with Gasteiger partial charge in [0, 0.05) is 17.2 Å². The molecule has 0 saturated heterocycles. The predicted octanol–water partition coefficient (Wildman–Crippen LogP) is 1.82. The van der Waals surface area contributed by atoms with Crippen molar-refractivity contribution in [3.05, 3.63) is 46.7 Å². The first-order valence-electron chi connectivity index (χ1n) is 4.20. The van der Waals surface area contributed by atoms with E-state index in [1.807, 2.05) is 0 Å². The largest absolute Gasteiger partial charge is 0.504 e. The van der Waals surface area contributed by atoms with E-state index in [2.05, 4.69) is 0 Å². The number of ketones is 2. The Hall–Kier alpha value is -1.90. The van der Waals surface area contributed by atoms with E-state index in [-0.39, 0.29) is 11.3 Å². The molecule has 0 amide bonds. The summed E-state index contributed by atoms with van der Waals surface area (Å²) in [5.41, 5.74) is 1.44. The topological polar surface area (TPSA) is 54.4 Å². The molecule has 0 spiro atoms. The van der Waals surface area contributed by atoms with Crippen LogP contribution in [0, 0.1) is 6.92 Å². The Morgan fingerprint density at radius 2 is 1.93 bits per heavy atom. The average Bonchev–Trinajstić information content (AvgIpc) is 2.14. The first-order chi connectivity index (χ1) is 6.61. The fraction of sp³-hybridized carbons (Fsp3) is 0.0909. The van der Waals surface area contributed by atoms with E-state index in [0.29, 0.717) is 5.56 Å². The summed E-state index contributed by atoms with van der Waals surface area (Å²) in [6.45, 7) is 1.76. The summed E-state index contributed by atoms with van der Waals surface area (Å²) in [5.74, 6) is -1.27. The van der Waals surface area contributed by atoms with Crippen molar-refractivity contribution >= 4 is 11.6 Å². The van der Waals surface area contributed by atoms with Crippen LogP contribution in [0.25, 0.3) is 0 Å². The maximum atomic E-state index is 11.5. The van der Waals surface area contributed by atoms with Gasteiger partial charge in [-0.25, -0.2) is 0 Å². The lowest BCUT2D eigenvalue weighted by molar-refractivity contribution is 0.0939. The Kier molecular flexibility index (Phi) is 1.74. The standard InChI is InChI=1S/C11H8O3/c1-6-3-2-4-7-10(6)8(12)5-9(13)11(7)14/h2-5,13H,1H3. The number of aliphatic hydroxyl groups excluding tert-OH is 1. The zero-order valence-electron chi connectivity index (χ0n) is 7.57. The molecular formula is C11H8O3. The molecule has 0 bridgehead atoms. The third kappa shape index (κ3) is 1.06. The molecule has 0 unspecified atom stereocenters. The predicted molar refractivity (Wildman–Crippen MR) is 50.6 cm³/mol. The van der Waals surface area contributed by atoms with Crippen molar-refractivity contribution in [2.45, 2.75) is 6.92 Å². The summed E-state index contributed by atoms with van der Waals surface area (Å²) in [6.07, 6.45) is 0.970. The Bertz CT molecular complexity index is 469. The number of hydrogen-bond donors (Lipinski definition) is 1. The molecule has 3 heteroatoms. The second-order valence-corrected chi connectivity index (χ2v) is 3.22. The SMILES string of the molecule is Cc1cccc2c1C(=O)C=C(O)C2=O. The van der Waals surface area contributed by atoms with Crippen LogP contribution in [0.2, 0.25) is 0 Å². The molecule has 1 aliphatic carbocycles.